The minimum Gasteiger partial charge on any atom is -0.462 e. The van der Waals surface area contributed by atoms with Crippen molar-refractivity contribution in [2.45, 2.75) is 174 Å². The van der Waals surface area contributed by atoms with Gasteiger partial charge >= 0.3 is 11.9 Å². The SMILES string of the molecule is CC/C=C\C/C=C\C/C=C\C/C=C\C/C=C\C/C=C\CCC(=O)OC(CO)COC(=O)CCCCCCCC/C=C\C/C=C\C/C=C\CCCCCCC. The lowest BCUT2D eigenvalue weighted by atomic mass is 10.1. The maximum Gasteiger partial charge on any atom is 0.306 e. The second kappa shape index (κ2) is 44.0. The Balaban J connectivity index is 3.73. The molecule has 0 amide bonds. The fourth-order valence-corrected chi connectivity index (χ4v) is 5.35. The maximum absolute atomic E-state index is 12.2. The molecule has 5 nitrogen and oxygen atoms in total. The molecule has 304 valence electrons. The molecule has 1 N–H and O–H groups in total. The van der Waals surface area contributed by atoms with E-state index >= 15 is 0 Å². The van der Waals surface area contributed by atoms with Crippen LogP contribution in [0.4, 0.5) is 0 Å². The summed E-state index contributed by atoms with van der Waals surface area (Å²) in [6.07, 6.45) is 63.0. The molecule has 0 aromatic rings. The zero-order valence-corrected chi connectivity index (χ0v) is 34.4. The van der Waals surface area contributed by atoms with Crippen molar-refractivity contribution in [2.75, 3.05) is 13.2 Å². The molecule has 5 heteroatoms. The van der Waals surface area contributed by atoms with E-state index in [2.05, 4.69) is 111 Å². The second-order valence-electron chi connectivity index (χ2n) is 13.7. The third-order valence-corrected chi connectivity index (χ3v) is 8.56. The number of carbonyl (C=O) groups excluding carboxylic acids is 2. The van der Waals surface area contributed by atoms with Crippen LogP contribution in [-0.2, 0) is 19.1 Å². The fourth-order valence-electron chi connectivity index (χ4n) is 5.35. The number of esters is 2. The van der Waals surface area contributed by atoms with Gasteiger partial charge in [-0.2, -0.15) is 0 Å². The molecule has 0 aliphatic rings. The van der Waals surface area contributed by atoms with Gasteiger partial charge < -0.3 is 14.6 Å². The lowest BCUT2D eigenvalue weighted by Crippen LogP contribution is -2.28. The highest BCUT2D eigenvalue weighted by molar-refractivity contribution is 5.70. The minimum atomic E-state index is -0.825. The predicted molar refractivity (Wildman–Crippen MR) is 232 cm³/mol. The second-order valence-corrected chi connectivity index (χ2v) is 13.7. The number of hydrogen-bond donors (Lipinski definition) is 1. The Hall–Kier alpha value is -3.44. The summed E-state index contributed by atoms with van der Waals surface area (Å²) in [5.74, 6) is -0.713. The summed E-state index contributed by atoms with van der Waals surface area (Å²) >= 11 is 0. The molecule has 0 aliphatic heterocycles. The van der Waals surface area contributed by atoms with Crippen LogP contribution in [0.3, 0.4) is 0 Å². The van der Waals surface area contributed by atoms with E-state index in [4.69, 9.17) is 9.47 Å². The first kappa shape index (κ1) is 50.6. The Morgan fingerprint density at radius 2 is 0.833 bits per heavy atom. The lowest BCUT2D eigenvalue weighted by molar-refractivity contribution is -0.161. The third-order valence-electron chi connectivity index (χ3n) is 8.56. The van der Waals surface area contributed by atoms with Crippen molar-refractivity contribution in [1.82, 2.24) is 0 Å². The number of unbranched alkanes of at least 4 members (excludes halogenated alkanes) is 11. The molecule has 0 radical (unpaired) electrons. The van der Waals surface area contributed by atoms with Crippen molar-refractivity contribution in [3.8, 4) is 0 Å². The summed E-state index contributed by atoms with van der Waals surface area (Å²) in [5.41, 5.74) is 0. The van der Waals surface area contributed by atoms with Gasteiger partial charge in [0.05, 0.1) is 6.61 Å². The zero-order chi connectivity index (χ0) is 39.3. The van der Waals surface area contributed by atoms with E-state index < -0.39 is 12.1 Å². The van der Waals surface area contributed by atoms with Crippen molar-refractivity contribution in [3.05, 3.63) is 109 Å². The number of ether oxygens (including phenoxy) is 2. The van der Waals surface area contributed by atoms with Gasteiger partial charge in [0, 0.05) is 12.8 Å². The van der Waals surface area contributed by atoms with Crippen LogP contribution < -0.4 is 0 Å². The Morgan fingerprint density at radius 3 is 1.28 bits per heavy atom. The molecular formula is C49H78O5. The molecule has 0 saturated heterocycles. The van der Waals surface area contributed by atoms with Crippen LogP contribution in [0.15, 0.2) is 109 Å². The molecule has 0 rings (SSSR count). The van der Waals surface area contributed by atoms with Gasteiger partial charge in [0.1, 0.15) is 6.61 Å². The topological polar surface area (TPSA) is 72.8 Å². The van der Waals surface area contributed by atoms with Gasteiger partial charge in [-0.05, 0) is 89.9 Å². The Bertz CT molecular complexity index is 1120. The first-order valence-corrected chi connectivity index (χ1v) is 21.4. The molecule has 1 unspecified atom stereocenters. The summed E-state index contributed by atoms with van der Waals surface area (Å²) in [7, 11) is 0. The average molecular weight is 747 g/mol. The molecule has 0 heterocycles. The predicted octanol–water partition coefficient (Wildman–Crippen LogP) is 13.8. The normalized spacial score (nSPS) is 13.3. The highest BCUT2D eigenvalue weighted by atomic mass is 16.6. The van der Waals surface area contributed by atoms with Gasteiger partial charge in [0.2, 0.25) is 0 Å². The van der Waals surface area contributed by atoms with Crippen LogP contribution in [0.1, 0.15) is 168 Å². The van der Waals surface area contributed by atoms with Gasteiger partial charge in [0.15, 0.2) is 6.10 Å². The van der Waals surface area contributed by atoms with E-state index in [9.17, 15) is 14.7 Å². The van der Waals surface area contributed by atoms with E-state index in [0.717, 1.165) is 77.0 Å². The Labute approximate surface area is 331 Å². The van der Waals surface area contributed by atoms with Crippen molar-refractivity contribution >= 4 is 11.9 Å². The van der Waals surface area contributed by atoms with Gasteiger partial charge in [-0.1, -0.05) is 175 Å². The monoisotopic (exact) mass is 747 g/mol. The lowest BCUT2D eigenvalue weighted by Gasteiger charge is -2.15. The number of hydrogen-bond acceptors (Lipinski definition) is 5. The van der Waals surface area contributed by atoms with Crippen LogP contribution in [-0.4, -0.2) is 36.4 Å². The largest absolute Gasteiger partial charge is 0.462 e. The molecule has 54 heavy (non-hydrogen) atoms. The summed E-state index contributed by atoms with van der Waals surface area (Å²) in [6.45, 7) is 3.92. The van der Waals surface area contributed by atoms with Crippen molar-refractivity contribution in [3.63, 3.8) is 0 Å². The summed E-state index contributed by atoms with van der Waals surface area (Å²) in [6, 6.07) is 0. The maximum atomic E-state index is 12.2. The molecular weight excluding hydrogens is 669 g/mol. The zero-order valence-electron chi connectivity index (χ0n) is 34.4. The van der Waals surface area contributed by atoms with E-state index in [0.29, 0.717) is 12.8 Å². The number of aliphatic hydroxyl groups is 1. The van der Waals surface area contributed by atoms with E-state index in [1.807, 2.05) is 12.2 Å². The van der Waals surface area contributed by atoms with Gasteiger partial charge in [-0.15, -0.1) is 0 Å². The number of allylic oxidation sites excluding steroid dienone is 18. The Kier molecular flexibility index (Phi) is 41.2. The molecule has 0 saturated carbocycles. The molecule has 0 aromatic heterocycles. The quantitative estimate of drug-likeness (QED) is 0.0389. The van der Waals surface area contributed by atoms with Gasteiger partial charge in [-0.25, -0.2) is 0 Å². The highest BCUT2D eigenvalue weighted by Gasteiger charge is 2.15. The van der Waals surface area contributed by atoms with Crippen LogP contribution in [0.5, 0.6) is 0 Å². The molecule has 0 fully saturated rings. The standard InChI is InChI=1S/C49H78O5/c1-3-5-7-9-11-13-15-17-19-21-23-24-26-27-29-31-33-35-37-39-41-43-48(51)53-46-47(45-50)54-49(52)44-42-40-38-36-34-32-30-28-25-22-20-18-16-14-12-10-8-6-4-2/h6,8,12,14-15,17-18,20-21,23,25-28,32,34,38,40,47,50H,3-5,7,9-11,13,16,19,22,24,29-31,33,35-37,39,41-46H2,1-2H3/b8-6-,14-12-,17-15-,20-18-,23-21-,27-26-,28-25-,34-32-,40-38-. The molecule has 0 aliphatic carbocycles. The minimum absolute atomic E-state index is 0.111. The summed E-state index contributed by atoms with van der Waals surface area (Å²) < 4.78 is 10.6. The smallest absolute Gasteiger partial charge is 0.306 e. The molecule has 1 atom stereocenters. The highest BCUT2D eigenvalue weighted by Crippen LogP contribution is 2.11. The molecule has 0 spiro atoms. The molecule has 0 bridgehead atoms. The number of aliphatic hydroxyl groups excluding tert-OH is 1. The van der Waals surface area contributed by atoms with E-state index in [-0.39, 0.29) is 25.6 Å². The van der Waals surface area contributed by atoms with Crippen molar-refractivity contribution in [1.29, 1.82) is 0 Å². The van der Waals surface area contributed by atoms with Crippen LogP contribution in [0.2, 0.25) is 0 Å². The van der Waals surface area contributed by atoms with Gasteiger partial charge in [0.25, 0.3) is 0 Å². The number of rotatable bonds is 37. The van der Waals surface area contributed by atoms with Crippen LogP contribution in [0.25, 0.3) is 0 Å². The van der Waals surface area contributed by atoms with Crippen LogP contribution in [0, 0.1) is 0 Å². The van der Waals surface area contributed by atoms with Crippen molar-refractivity contribution < 1.29 is 24.2 Å². The summed E-state index contributed by atoms with van der Waals surface area (Å²) in [5, 5.41) is 9.57. The van der Waals surface area contributed by atoms with E-state index in [1.165, 1.54) is 57.8 Å². The first-order chi connectivity index (χ1) is 26.6. The fraction of sp³-hybridized carbons (Fsp3) is 0.592. The summed E-state index contributed by atoms with van der Waals surface area (Å²) in [4.78, 5) is 24.3. The van der Waals surface area contributed by atoms with E-state index in [1.54, 1.807) is 0 Å². The van der Waals surface area contributed by atoms with Crippen LogP contribution >= 0.6 is 0 Å². The Morgan fingerprint density at radius 1 is 0.444 bits per heavy atom. The molecule has 0 aromatic carbocycles. The average Bonchev–Trinajstić information content (AvgIpc) is 3.17. The van der Waals surface area contributed by atoms with Gasteiger partial charge in [-0.3, -0.25) is 9.59 Å². The number of carbonyl (C=O) groups is 2. The third kappa shape index (κ3) is 41.3. The van der Waals surface area contributed by atoms with Crippen molar-refractivity contribution in [2.24, 2.45) is 0 Å². The first-order valence-electron chi connectivity index (χ1n) is 21.4.